The van der Waals surface area contributed by atoms with Gasteiger partial charge in [-0.15, -0.1) is 13.2 Å². The van der Waals surface area contributed by atoms with Crippen molar-refractivity contribution in [1.29, 1.82) is 0 Å². The third-order valence-corrected chi connectivity index (χ3v) is 5.45. The molecule has 0 aliphatic carbocycles. The summed E-state index contributed by atoms with van der Waals surface area (Å²) in [7, 11) is 1.77. The van der Waals surface area contributed by atoms with Crippen LogP contribution in [0.25, 0.3) is 38.8 Å². The zero-order valence-corrected chi connectivity index (χ0v) is 19.2. The van der Waals surface area contributed by atoms with Gasteiger partial charge >= 0.3 is 12.5 Å². The van der Waals surface area contributed by atoms with Crippen LogP contribution in [-0.2, 0) is 7.05 Å². The Balaban J connectivity index is 1.69. The Hall–Kier alpha value is -4.62. The fourth-order valence-electron chi connectivity index (χ4n) is 3.84. The normalized spacial score (nSPS) is 12.3. The van der Waals surface area contributed by atoms with E-state index in [1.165, 1.54) is 29.0 Å². The van der Waals surface area contributed by atoms with E-state index in [-0.39, 0.29) is 16.6 Å². The minimum atomic E-state index is -4.97. The molecule has 5 rings (SSSR count). The summed E-state index contributed by atoms with van der Waals surface area (Å²) >= 11 is 0. The molecule has 0 fully saturated rings. The molecule has 1 aromatic carbocycles. The van der Waals surface area contributed by atoms with Gasteiger partial charge in [-0.3, -0.25) is 9.36 Å². The van der Waals surface area contributed by atoms with Crippen molar-refractivity contribution in [2.75, 3.05) is 6.61 Å². The molecule has 4 aromatic heterocycles. The summed E-state index contributed by atoms with van der Waals surface area (Å²) in [5.41, 5.74) is 1.12. The molecule has 5 aromatic rings. The van der Waals surface area contributed by atoms with Crippen LogP contribution in [0, 0.1) is 0 Å². The van der Waals surface area contributed by atoms with Crippen LogP contribution in [0.1, 0.15) is 0 Å². The van der Waals surface area contributed by atoms with Crippen molar-refractivity contribution in [3.05, 3.63) is 71.5 Å². The molecule has 4 heterocycles. The van der Waals surface area contributed by atoms with Gasteiger partial charge in [0, 0.05) is 42.5 Å². The molecule has 0 unspecified atom stereocenters. The van der Waals surface area contributed by atoms with Crippen LogP contribution in [0.5, 0.6) is 11.8 Å². The minimum Gasteiger partial charge on any atom is -0.468 e. The molecule has 0 radical (unpaired) electrons. The summed E-state index contributed by atoms with van der Waals surface area (Å²) in [5.74, 6) is -1.15. The molecule has 0 aliphatic rings. The number of rotatable bonds is 5. The molecule has 0 spiro atoms. The molecule has 0 aliphatic heterocycles. The maximum Gasteiger partial charge on any atom is 0.574 e. The number of pyridine rings is 3. The predicted molar refractivity (Wildman–Crippen MR) is 123 cm³/mol. The van der Waals surface area contributed by atoms with E-state index in [0.717, 1.165) is 17.8 Å². The minimum absolute atomic E-state index is 0.0289. The Morgan fingerprint density at radius 1 is 0.947 bits per heavy atom. The third kappa shape index (κ3) is 5.10. The first-order chi connectivity index (χ1) is 17.9. The summed E-state index contributed by atoms with van der Waals surface area (Å²) in [6, 6.07) is 9.80. The van der Waals surface area contributed by atoms with Gasteiger partial charge in [-0.05, 0) is 30.3 Å². The highest BCUT2D eigenvalue weighted by Gasteiger charge is 2.32. The zero-order valence-electron chi connectivity index (χ0n) is 19.2. The van der Waals surface area contributed by atoms with Gasteiger partial charge in [-0.1, -0.05) is 0 Å². The van der Waals surface area contributed by atoms with Crippen LogP contribution < -0.4 is 15.0 Å². The second kappa shape index (κ2) is 9.04. The largest absolute Gasteiger partial charge is 0.574 e. The van der Waals surface area contributed by atoms with Gasteiger partial charge in [-0.25, -0.2) is 15.0 Å². The number of imidazole rings is 1. The van der Waals surface area contributed by atoms with Gasteiger partial charge in [0.25, 0.3) is 5.56 Å². The lowest BCUT2D eigenvalue weighted by atomic mass is 10.1. The van der Waals surface area contributed by atoms with Crippen LogP contribution in [0.15, 0.2) is 66.0 Å². The van der Waals surface area contributed by atoms with Crippen molar-refractivity contribution < 1.29 is 35.8 Å². The number of halogens is 6. The smallest absolute Gasteiger partial charge is 0.468 e. The topological polar surface area (TPSA) is 84.1 Å². The Labute approximate surface area is 208 Å². The average Bonchev–Trinajstić information content (AvgIpc) is 3.21. The standard InChI is InChI=1S/C24H15F6N5O3/c1-34-12-32-16-5-4-15(8-17(16)34)35-10-14-3-7-19(37-11-23(25,26)27)33-21(14)20(22(35)36)13-2-6-18(31-9-13)38-24(28,29)30/h2-10,12H,11H2,1H3. The number of alkyl halides is 6. The summed E-state index contributed by atoms with van der Waals surface area (Å²) in [6.45, 7) is -1.60. The van der Waals surface area contributed by atoms with E-state index in [0.29, 0.717) is 16.6 Å². The van der Waals surface area contributed by atoms with Gasteiger partial charge < -0.3 is 14.0 Å². The molecule has 38 heavy (non-hydrogen) atoms. The molecular weight excluding hydrogens is 520 g/mol. The van der Waals surface area contributed by atoms with E-state index in [2.05, 4.69) is 19.7 Å². The molecule has 0 saturated heterocycles. The number of aryl methyl sites for hydroxylation is 1. The summed E-state index contributed by atoms with van der Waals surface area (Å²) < 4.78 is 87.3. The number of fused-ring (bicyclic) bond motifs is 2. The summed E-state index contributed by atoms with van der Waals surface area (Å²) in [5, 5.41) is 0.347. The van der Waals surface area contributed by atoms with Crippen LogP contribution in [0.3, 0.4) is 0 Å². The summed E-state index contributed by atoms with van der Waals surface area (Å²) in [4.78, 5) is 25.7. The molecular formula is C24H15F6N5O3. The highest BCUT2D eigenvalue weighted by molar-refractivity contribution is 5.93. The highest BCUT2D eigenvalue weighted by Crippen LogP contribution is 2.29. The molecule has 0 N–H and O–H groups in total. The van der Waals surface area contributed by atoms with Crippen molar-refractivity contribution >= 4 is 21.9 Å². The summed E-state index contributed by atoms with van der Waals surface area (Å²) in [6.07, 6.45) is -5.56. The van der Waals surface area contributed by atoms with Crippen molar-refractivity contribution in [1.82, 2.24) is 24.1 Å². The lowest BCUT2D eigenvalue weighted by Crippen LogP contribution is -2.21. The second-order valence-electron chi connectivity index (χ2n) is 8.13. The van der Waals surface area contributed by atoms with Gasteiger partial charge in [0.1, 0.15) is 0 Å². The predicted octanol–water partition coefficient (Wildman–Crippen LogP) is 5.17. The SMILES string of the molecule is Cn1cnc2ccc(-n3cc4ccc(OCC(F)(F)F)nc4c(-c4ccc(OC(F)(F)F)nc4)c3=O)cc21. The zero-order chi connectivity index (χ0) is 27.2. The maximum absolute atomic E-state index is 13.7. The third-order valence-electron chi connectivity index (χ3n) is 5.45. The van der Waals surface area contributed by atoms with E-state index >= 15 is 0 Å². The van der Waals surface area contributed by atoms with E-state index in [1.807, 2.05) is 0 Å². The number of nitrogens with zero attached hydrogens (tertiary/aromatic N) is 5. The number of aromatic nitrogens is 5. The molecule has 8 nitrogen and oxygen atoms in total. The quantitative estimate of drug-likeness (QED) is 0.289. The first-order valence-corrected chi connectivity index (χ1v) is 10.8. The molecule has 0 atom stereocenters. The fraction of sp³-hybridized carbons (Fsp3) is 0.167. The number of ether oxygens (including phenoxy) is 2. The lowest BCUT2D eigenvalue weighted by molar-refractivity contribution is -0.276. The second-order valence-corrected chi connectivity index (χ2v) is 8.13. The molecule has 0 saturated carbocycles. The van der Waals surface area contributed by atoms with Gasteiger partial charge in [0.2, 0.25) is 11.8 Å². The monoisotopic (exact) mass is 535 g/mol. The van der Waals surface area contributed by atoms with E-state index in [4.69, 9.17) is 4.74 Å². The van der Waals surface area contributed by atoms with E-state index in [9.17, 15) is 31.1 Å². The first kappa shape index (κ1) is 25.0. The number of benzene rings is 1. The molecule has 14 heteroatoms. The van der Waals surface area contributed by atoms with E-state index in [1.54, 1.807) is 36.1 Å². The first-order valence-electron chi connectivity index (χ1n) is 10.8. The van der Waals surface area contributed by atoms with Crippen molar-refractivity contribution in [3.8, 4) is 28.6 Å². The van der Waals surface area contributed by atoms with Crippen molar-refractivity contribution in [2.24, 2.45) is 7.05 Å². The Bertz CT molecular complexity index is 1710. The van der Waals surface area contributed by atoms with Crippen molar-refractivity contribution in [3.63, 3.8) is 0 Å². The molecule has 0 amide bonds. The van der Waals surface area contributed by atoms with Gasteiger partial charge in [0.15, 0.2) is 6.61 Å². The van der Waals surface area contributed by atoms with Gasteiger partial charge in [0.05, 0.1) is 34.1 Å². The molecule has 196 valence electrons. The Morgan fingerprint density at radius 2 is 1.71 bits per heavy atom. The van der Waals surface area contributed by atoms with Crippen molar-refractivity contribution in [2.45, 2.75) is 12.5 Å². The van der Waals surface area contributed by atoms with Crippen LogP contribution in [0.4, 0.5) is 26.3 Å². The maximum atomic E-state index is 13.7. The fourth-order valence-corrected chi connectivity index (χ4v) is 3.84. The Kier molecular flexibility index (Phi) is 5.96. The Morgan fingerprint density at radius 3 is 2.39 bits per heavy atom. The van der Waals surface area contributed by atoms with Crippen LogP contribution >= 0.6 is 0 Å². The van der Waals surface area contributed by atoms with Crippen LogP contribution in [-0.4, -0.2) is 43.2 Å². The van der Waals surface area contributed by atoms with Crippen LogP contribution in [0.2, 0.25) is 0 Å². The van der Waals surface area contributed by atoms with Gasteiger partial charge in [-0.2, -0.15) is 13.2 Å². The highest BCUT2D eigenvalue weighted by atomic mass is 19.4. The molecule has 0 bridgehead atoms. The average molecular weight is 535 g/mol. The number of hydrogen-bond acceptors (Lipinski definition) is 6. The number of hydrogen-bond donors (Lipinski definition) is 0. The van der Waals surface area contributed by atoms with E-state index < -0.39 is 36.5 Å². The lowest BCUT2D eigenvalue weighted by Gasteiger charge is -2.14.